The van der Waals surface area contributed by atoms with Crippen molar-refractivity contribution in [3.8, 4) is 0 Å². The zero-order valence-electron chi connectivity index (χ0n) is 12.9. The smallest absolute Gasteiger partial charge is 0.320 e. The second-order valence-corrected chi connectivity index (χ2v) is 5.60. The topological polar surface area (TPSA) is 59.1 Å². The van der Waals surface area contributed by atoms with Gasteiger partial charge in [0.25, 0.3) is 0 Å². The number of esters is 1. The highest BCUT2D eigenvalue weighted by Crippen LogP contribution is 2.26. The van der Waals surface area contributed by atoms with Crippen molar-refractivity contribution < 1.29 is 19.1 Å². The van der Waals surface area contributed by atoms with Gasteiger partial charge in [0, 0.05) is 25.6 Å². The number of morpholine rings is 1. The van der Waals surface area contributed by atoms with Crippen molar-refractivity contribution >= 4 is 11.9 Å². The molecule has 0 N–H and O–H groups in total. The first kappa shape index (κ1) is 16.2. The zero-order chi connectivity index (χ0) is 15.1. The van der Waals surface area contributed by atoms with Crippen LogP contribution in [-0.2, 0) is 19.1 Å². The van der Waals surface area contributed by atoms with Crippen molar-refractivity contribution in [2.24, 2.45) is 0 Å². The Labute approximate surface area is 126 Å². The third kappa shape index (κ3) is 5.63. The van der Waals surface area contributed by atoms with Crippen molar-refractivity contribution in [3.63, 3.8) is 0 Å². The molecule has 0 radical (unpaired) electrons. The van der Waals surface area contributed by atoms with Crippen LogP contribution in [0.25, 0.3) is 0 Å². The number of carbonyl (C=O) groups is 2. The summed E-state index contributed by atoms with van der Waals surface area (Å²) in [5.74, 6) is 0.0362. The van der Waals surface area contributed by atoms with Crippen LogP contribution in [0.1, 0.15) is 32.6 Å². The van der Waals surface area contributed by atoms with Crippen molar-refractivity contribution in [2.45, 2.75) is 38.6 Å². The summed E-state index contributed by atoms with van der Waals surface area (Å²) in [5.41, 5.74) is 0. The second kappa shape index (κ2) is 8.34. The van der Waals surface area contributed by atoms with E-state index in [9.17, 15) is 9.59 Å². The minimum absolute atomic E-state index is 0.163. The van der Waals surface area contributed by atoms with Gasteiger partial charge in [-0.2, -0.15) is 0 Å². The zero-order valence-corrected chi connectivity index (χ0v) is 12.9. The van der Waals surface area contributed by atoms with Gasteiger partial charge in [-0.05, 0) is 32.7 Å². The quantitative estimate of drug-likeness (QED) is 0.616. The molecule has 0 unspecified atom stereocenters. The predicted molar refractivity (Wildman–Crippen MR) is 77.9 cm³/mol. The van der Waals surface area contributed by atoms with Crippen molar-refractivity contribution in [2.75, 3.05) is 46.0 Å². The van der Waals surface area contributed by atoms with Gasteiger partial charge in [0.1, 0.15) is 0 Å². The molecule has 0 aromatic heterocycles. The van der Waals surface area contributed by atoms with Gasteiger partial charge in [0.05, 0.1) is 26.4 Å². The van der Waals surface area contributed by atoms with E-state index in [1.807, 2.05) is 11.8 Å². The number of carbonyl (C=O) groups excluding carboxylic acids is 2. The highest BCUT2D eigenvalue weighted by Gasteiger charge is 2.30. The summed E-state index contributed by atoms with van der Waals surface area (Å²) in [6.45, 7) is 6.07. The Hall–Kier alpha value is -1.14. The maximum Gasteiger partial charge on any atom is 0.320 e. The Bertz CT molecular complexity index is 352. The molecule has 0 bridgehead atoms. The SMILES string of the molecule is CCOC(=O)CN(CCCC(=O)N1CCOCC1)C1CC1. The van der Waals surface area contributed by atoms with E-state index in [0.717, 1.165) is 25.8 Å². The van der Waals surface area contributed by atoms with Crippen LogP contribution in [0.15, 0.2) is 0 Å². The standard InChI is InChI=1S/C15H26N2O4/c1-2-21-15(19)12-17(13-5-6-13)7-3-4-14(18)16-8-10-20-11-9-16/h13H,2-12H2,1H3. The summed E-state index contributed by atoms with van der Waals surface area (Å²) < 4.78 is 10.2. The molecule has 1 aliphatic heterocycles. The third-order valence-electron chi connectivity index (χ3n) is 3.90. The molecule has 21 heavy (non-hydrogen) atoms. The number of ether oxygens (including phenoxy) is 2. The normalized spacial score (nSPS) is 18.9. The van der Waals surface area contributed by atoms with Crippen molar-refractivity contribution in [1.29, 1.82) is 0 Å². The van der Waals surface area contributed by atoms with Gasteiger partial charge in [0.2, 0.25) is 5.91 Å². The molecular weight excluding hydrogens is 272 g/mol. The fourth-order valence-electron chi connectivity index (χ4n) is 2.61. The van der Waals surface area contributed by atoms with Gasteiger partial charge in [0.15, 0.2) is 0 Å². The molecule has 0 spiro atoms. The van der Waals surface area contributed by atoms with Crippen LogP contribution in [-0.4, -0.2) is 73.7 Å². The van der Waals surface area contributed by atoms with E-state index in [1.54, 1.807) is 0 Å². The predicted octanol–water partition coefficient (Wildman–Crippen LogP) is 0.653. The molecule has 2 aliphatic rings. The molecule has 2 fully saturated rings. The van der Waals surface area contributed by atoms with E-state index in [1.165, 1.54) is 0 Å². The fourth-order valence-corrected chi connectivity index (χ4v) is 2.61. The fraction of sp³-hybridized carbons (Fsp3) is 0.867. The lowest BCUT2D eigenvalue weighted by Crippen LogP contribution is -2.41. The third-order valence-corrected chi connectivity index (χ3v) is 3.90. The Morgan fingerprint density at radius 3 is 2.62 bits per heavy atom. The molecule has 120 valence electrons. The Kier molecular flexibility index (Phi) is 6.45. The maximum absolute atomic E-state index is 12.0. The molecule has 1 saturated heterocycles. The van der Waals surface area contributed by atoms with Crippen molar-refractivity contribution in [3.05, 3.63) is 0 Å². The lowest BCUT2D eigenvalue weighted by atomic mass is 10.2. The molecule has 1 heterocycles. The molecule has 6 nitrogen and oxygen atoms in total. The average molecular weight is 298 g/mol. The molecule has 0 atom stereocenters. The summed E-state index contributed by atoms with van der Waals surface area (Å²) >= 11 is 0. The lowest BCUT2D eigenvalue weighted by Gasteiger charge is -2.27. The van der Waals surface area contributed by atoms with Gasteiger partial charge < -0.3 is 14.4 Å². The minimum atomic E-state index is -0.163. The summed E-state index contributed by atoms with van der Waals surface area (Å²) in [5, 5.41) is 0. The first-order valence-electron chi connectivity index (χ1n) is 7.96. The van der Waals surface area contributed by atoms with Crippen LogP contribution in [0, 0.1) is 0 Å². The van der Waals surface area contributed by atoms with Gasteiger partial charge in [-0.3, -0.25) is 14.5 Å². The highest BCUT2D eigenvalue weighted by atomic mass is 16.5. The number of nitrogens with zero attached hydrogens (tertiary/aromatic N) is 2. The van der Waals surface area contributed by atoms with Crippen LogP contribution in [0.3, 0.4) is 0 Å². The van der Waals surface area contributed by atoms with E-state index in [-0.39, 0.29) is 11.9 Å². The number of amides is 1. The summed E-state index contributed by atoms with van der Waals surface area (Å²) in [7, 11) is 0. The molecule has 1 amide bonds. The molecule has 2 rings (SSSR count). The van der Waals surface area contributed by atoms with Gasteiger partial charge in [-0.1, -0.05) is 0 Å². The number of hydrogen-bond acceptors (Lipinski definition) is 5. The first-order chi connectivity index (χ1) is 10.2. The Morgan fingerprint density at radius 1 is 1.29 bits per heavy atom. The summed E-state index contributed by atoms with van der Waals surface area (Å²) in [6, 6.07) is 0.507. The molecular formula is C15H26N2O4. The number of hydrogen-bond donors (Lipinski definition) is 0. The van der Waals surface area contributed by atoms with Crippen LogP contribution >= 0.6 is 0 Å². The summed E-state index contributed by atoms with van der Waals surface area (Å²) in [4.78, 5) is 27.7. The molecule has 1 saturated carbocycles. The Morgan fingerprint density at radius 2 is 2.00 bits per heavy atom. The van der Waals surface area contributed by atoms with Gasteiger partial charge in [-0.25, -0.2) is 0 Å². The van der Waals surface area contributed by atoms with Gasteiger partial charge in [-0.15, -0.1) is 0 Å². The molecule has 0 aromatic rings. The first-order valence-corrected chi connectivity index (χ1v) is 7.96. The molecule has 1 aliphatic carbocycles. The largest absolute Gasteiger partial charge is 0.465 e. The van der Waals surface area contributed by atoms with E-state index >= 15 is 0 Å². The monoisotopic (exact) mass is 298 g/mol. The number of rotatable bonds is 8. The second-order valence-electron chi connectivity index (χ2n) is 5.60. The molecule has 6 heteroatoms. The van der Waals surface area contributed by atoms with Crippen LogP contribution in [0.2, 0.25) is 0 Å². The average Bonchev–Trinajstić information content (AvgIpc) is 3.32. The minimum Gasteiger partial charge on any atom is -0.465 e. The van der Waals surface area contributed by atoms with Crippen LogP contribution in [0.5, 0.6) is 0 Å². The van der Waals surface area contributed by atoms with Crippen LogP contribution < -0.4 is 0 Å². The molecule has 0 aromatic carbocycles. The van der Waals surface area contributed by atoms with Gasteiger partial charge >= 0.3 is 5.97 Å². The Balaban J connectivity index is 1.66. The van der Waals surface area contributed by atoms with E-state index < -0.39 is 0 Å². The maximum atomic E-state index is 12.0. The van der Waals surface area contributed by atoms with E-state index in [0.29, 0.717) is 51.9 Å². The summed E-state index contributed by atoms with van der Waals surface area (Å²) in [6.07, 6.45) is 3.64. The lowest BCUT2D eigenvalue weighted by molar-refractivity contribution is -0.144. The highest BCUT2D eigenvalue weighted by molar-refractivity contribution is 5.76. The van der Waals surface area contributed by atoms with E-state index in [4.69, 9.17) is 9.47 Å². The van der Waals surface area contributed by atoms with Crippen LogP contribution in [0.4, 0.5) is 0 Å². The van der Waals surface area contributed by atoms with Crippen molar-refractivity contribution in [1.82, 2.24) is 9.80 Å². The van der Waals surface area contributed by atoms with E-state index in [2.05, 4.69) is 4.90 Å².